The van der Waals surface area contributed by atoms with Crippen molar-refractivity contribution in [2.24, 2.45) is 0 Å². The van der Waals surface area contributed by atoms with Crippen LogP contribution in [0.2, 0.25) is 0 Å². The average molecular weight is 248 g/mol. The third kappa shape index (κ3) is 3.20. The van der Waals surface area contributed by atoms with Crippen LogP contribution in [0, 0.1) is 0 Å². The summed E-state index contributed by atoms with van der Waals surface area (Å²) in [6.45, 7) is 3.19. The first-order valence-electron chi connectivity index (χ1n) is 6.98. The lowest BCUT2D eigenvalue weighted by Gasteiger charge is -2.34. The Kier molecular flexibility index (Phi) is 4.40. The molecule has 2 rings (SSSR count). The molecule has 1 unspecified atom stereocenters. The molecule has 0 saturated carbocycles. The molecule has 1 aliphatic rings. The van der Waals surface area contributed by atoms with E-state index in [0.717, 1.165) is 16.8 Å². The standard InChI is InChI=1S/C15H24OSi/c1-2-3-6-13-7-9-14(10-8-13)15(17)11-4-5-12-16-15/h7-10H,2-6,11-12H2,1,17H3. The lowest BCUT2D eigenvalue weighted by molar-refractivity contribution is -0.0210. The smallest absolute Gasteiger partial charge is 0.0723 e. The van der Waals surface area contributed by atoms with Crippen molar-refractivity contribution in [2.75, 3.05) is 6.61 Å². The molecule has 1 aliphatic heterocycles. The topological polar surface area (TPSA) is 9.23 Å². The van der Waals surface area contributed by atoms with Crippen LogP contribution in [0.15, 0.2) is 24.3 Å². The van der Waals surface area contributed by atoms with E-state index in [1.54, 1.807) is 0 Å². The predicted octanol–water partition coefficient (Wildman–Crippen LogP) is 2.75. The summed E-state index contributed by atoms with van der Waals surface area (Å²) in [4.78, 5) is 0. The third-order valence-electron chi connectivity index (χ3n) is 3.85. The Hall–Kier alpha value is -0.603. The molecule has 2 heteroatoms. The Morgan fingerprint density at radius 3 is 2.59 bits per heavy atom. The van der Waals surface area contributed by atoms with E-state index in [2.05, 4.69) is 31.2 Å². The van der Waals surface area contributed by atoms with Crippen LogP contribution in [0.1, 0.15) is 50.2 Å². The maximum atomic E-state index is 6.03. The molecule has 0 radical (unpaired) electrons. The van der Waals surface area contributed by atoms with Gasteiger partial charge in [-0.1, -0.05) is 37.6 Å². The number of benzene rings is 1. The molecule has 0 aliphatic carbocycles. The molecular formula is C15H24OSi. The summed E-state index contributed by atoms with van der Waals surface area (Å²) in [7, 11) is 1.10. The largest absolute Gasteiger partial charge is 0.375 e. The zero-order chi connectivity index (χ0) is 12.1. The van der Waals surface area contributed by atoms with Gasteiger partial charge in [-0.2, -0.15) is 0 Å². The highest BCUT2D eigenvalue weighted by Crippen LogP contribution is 2.32. The molecule has 0 bridgehead atoms. The molecule has 0 aromatic heterocycles. The molecule has 1 atom stereocenters. The molecule has 0 N–H and O–H groups in total. The molecule has 1 saturated heterocycles. The number of rotatable bonds is 4. The summed E-state index contributed by atoms with van der Waals surface area (Å²) in [5.74, 6) is 0. The Morgan fingerprint density at radius 1 is 1.24 bits per heavy atom. The van der Waals surface area contributed by atoms with Crippen LogP contribution < -0.4 is 0 Å². The van der Waals surface area contributed by atoms with Crippen molar-refractivity contribution in [3.8, 4) is 0 Å². The van der Waals surface area contributed by atoms with Crippen LogP contribution in [0.4, 0.5) is 0 Å². The molecular weight excluding hydrogens is 224 g/mol. The molecule has 94 valence electrons. The molecule has 1 aromatic rings. The minimum absolute atomic E-state index is 0.0987. The van der Waals surface area contributed by atoms with Crippen LogP contribution >= 0.6 is 0 Å². The van der Waals surface area contributed by atoms with Gasteiger partial charge in [0, 0.05) is 16.8 Å². The fourth-order valence-electron chi connectivity index (χ4n) is 2.57. The van der Waals surface area contributed by atoms with Crippen LogP contribution in [0.3, 0.4) is 0 Å². The van der Waals surface area contributed by atoms with Gasteiger partial charge in [-0.3, -0.25) is 0 Å². The molecule has 17 heavy (non-hydrogen) atoms. The number of aryl methyl sites for hydroxylation is 1. The molecule has 1 nitrogen and oxygen atoms in total. The highest BCUT2D eigenvalue weighted by atomic mass is 28.1. The van der Waals surface area contributed by atoms with E-state index in [9.17, 15) is 0 Å². The van der Waals surface area contributed by atoms with Crippen molar-refractivity contribution < 1.29 is 4.74 Å². The predicted molar refractivity (Wildman–Crippen MR) is 76.5 cm³/mol. The summed E-state index contributed by atoms with van der Waals surface area (Å²) < 4.78 is 6.03. The zero-order valence-corrected chi connectivity index (χ0v) is 13.2. The average Bonchev–Trinajstić information content (AvgIpc) is 2.38. The van der Waals surface area contributed by atoms with Crippen LogP contribution in [0.5, 0.6) is 0 Å². The maximum absolute atomic E-state index is 6.03. The number of ether oxygens (including phenoxy) is 1. The lowest BCUT2D eigenvalue weighted by Crippen LogP contribution is -2.33. The van der Waals surface area contributed by atoms with E-state index in [1.165, 1.54) is 49.7 Å². The van der Waals surface area contributed by atoms with E-state index in [1.807, 2.05) is 0 Å². The van der Waals surface area contributed by atoms with Gasteiger partial charge in [-0.05, 0) is 43.2 Å². The van der Waals surface area contributed by atoms with Gasteiger partial charge in [-0.15, -0.1) is 0 Å². The van der Waals surface area contributed by atoms with Crippen molar-refractivity contribution in [3.05, 3.63) is 35.4 Å². The van der Waals surface area contributed by atoms with Crippen molar-refractivity contribution in [1.29, 1.82) is 0 Å². The Morgan fingerprint density at radius 2 is 2.00 bits per heavy atom. The quantitative estimate of drug-likeness (QED) is 0.745. The first-order valence-corrected chi connectivity index (χ1v) is 7.98. The SMILES string of the molecule is CCCCc1ccc(C2([SiH3])CCCCO2)cc1. The normalized spacial score (nSPS) is 25.0. The summed E-state index contributed by atoms with van der Waals surface area (Å²) in [5, 5.41) is 0.0987. The number of unbranched alkanes of at least 4 members (excludes halogenated alkanes) is 1. The molecule has 1 heterocycles. The fourth-order valence-corrected chi connectivity index (χ4v) is 3.46. The Balaban J connectivity index is 2.06. The van der Waals surface area contributed by atoms with Crippen LogP contribution in [-0.2, 0) is 16.4 Å². The monoisotopic (exact) mass is 248 g/mol. The molecule has 1 fully saturated rings. The van der Waals surface area contributed by atoms with Crippen molar-refractivity contribution in [2.45, 2.75) is 50.7 Å². The molecule has 0 amide bonds. The molecule has 1 aromatic carbocycles. The van der Waals surface area contributed by atoms with Crippen molar-refractivity contribution in [1.82, 2.24) is 0 Å². The third-order valence-corrected chi connectivity index (χ3v) is 5.22. The van der Waals surface area contributed by atoms with Gasteiger partial charge in [0.15, 0.2) is 0 Å². The lowest BCUT2D eigenvalue weighted by atomic mass is 9.98. The van der Waals surface area contributed by atoms with Gasteiger partial charge in [-0.25, -0.2) is 0 Å². The minimum atomic E-state index is 0.0987. The summed E-state index contributed by atoms with van der Waals surface area (Å²) in [6.07, 6.45) is 7.55. The van der Waals surface area contributed by atoms with Gasteiger partial charge < -0.3 is 4.74 Å². The minimum Gasteiger partial charge on any atom is -0.375 e. The number of hydrogen-bond donors (Lipinski definition) is 0. The van der Waals surface area contributed by atoms with Crippen molar-refractivity contribution in [3.63, 3.8) is 0 Å². The van der Waals surface area contributed by atoms with Gasteiger partial charge in [0.1, 0.15) is 0 Å². The van der Waals surface area contributed by atoms with Gasteiger partial charge in [0.2, 0.25) is 0 Å². The first kappa shape index (κ1) is 12.8. The van der Waals surface area contributed by atoms with Crippen LogP contribution in [0.25, 0.3) is 0 Å². The first-order chi connectivity index (χ1) is 8.24. The second kappa shape index (κ2) is 5.83. The van der Waals surface area contributed by atoms with E-state index in [4.69, 9.17) is 4.74 Å². The second-order valence-corrected chi connectivity index (χ2v) is 6.95. The Labute approximate surface area is 108 Å². The van der Waals surface area contributed by atoms with Gasteiger partial charge >= 0.3 is 0 Å². The van der Waals surface area contributed by atoms with Crippen molar-refractivity contribution >= 4 is 10.2 Å². The highest BCUT2D eigenvalue weighted by molar-refractivity contribution is 6.14. The Bertz CT molecular complexity index is 338. The van der Waals surface area contributed by atoms with E-state index in [-0.39, 0.29) is 5.22 Å². The van der Waals surface area contributed by atoms with Gasteiger partial charge in [0.05, 0.1) is 5.22 Å². The summed E-state index contributed by atoms with van der Waals surface area (Å²) in [5.41, 5.74) is 2.88. The van der Waals surface area contributed by atoms with E-state index in [0.29, 0.717) is 0 Å². The van der Waals surface area contributed by atoms with E-state index < -0.39 is 0 Å². The number of hydrogen-bond acceptors (Lipinski definition) is 1. The maximum Gasteiger partial charge on any atom is 0.0723 e. The fraction of sp³-hybridized carbons (Fsp3) is 0.600. The van der Waals surface area contributed by atoms with E-state index >= 15 is 0 Å². The zero-order valence-electron chi connectivity index (χ0n) is 11.2. The molecule has 0 spiro atoms. The van der Waals surface area contributed by atoms with Crippen LogP contribution in [-0.4, -0.2) is 16.8 Å². The summed E-state index contributed by atoms with van der Waals surface area (Å²) >= 11 is 0. The van der Waals surface area contributed by atoms with Gasteiger partial charge in [0.25, 0.3) is 0 Å². The second-order valence-electron chi connectivity index (χ2n) is 5.34. The summed E-state index contributed by atoms with van der Waals surface area (Å²) in [6, 6.07) is 9.18. The highest BCUT2D eigenvalue weighted by Gasteiger charge is 2.29.